The van der Waals surface area contributed by atoms with Gasteiger partial charge in [-0.1, -0.05) is 12.1 Å². The van der Waals surface area contributed by atoms with Gasteiger partial charge in [0, 0.05) is 32.7 Å². The number of hydrogen-bond acceptors (Lipinski definition) is 3. The summed E-state index contributed by atoms with van der Waals surface area (Å²) >= 11 is 0. The maximum absolute atomic E-state index is 13.3. The highest BCUT2D eigenvalue weighted by Crippen LogP contribution is 2.31. The predicted molar refractivity (Wildman–Crippen MR) is 93.2 cm³/mol. The first-order chi connectivity index (χ1) is 11.8. The van der Waals surface area contributed by atoms with Crippen molar-refractivity contribution in [1.29, 1.82) is 0 Å². The van der Waals surface area contributed by atoms with E-state index >= 15 is 0 Å². The first-order valence-electron chi connectivity index (χ1n) is 7.91. The number of hydrogen-bond donors (Lipinski definition) is 0. The molecule has 1 amide bonds. The van der Waals surface area contributed by atoms with Gasteiger partial charge in [0.25, 0.3) is 0 Å². The monoisotopic (exact) mass is 362 g/mol. The Balaban J connectivity index is 1.86. The third-order valence-electron chi connectivity index (χ3n) is 4.33. The molecule has 0 unspecified atom stereocenters. The van der Waals surface area contributed by atoms with Gasteiger partial charge in [0.1, 0.15) is 5.82 Å². The van der Waals surface area contributed by atoms with Crippen LogP contribution in [-0.2, 0) is 27.8 Å². The Morgan fingerprint density at radius 2 is 2.00 bits per heavy atom. The van der Waals surface area contributed by atoms with Crippen molar-refractivity contribution in [3.05, 3.63) is 59.4 Å². The molecule has 0 N–H and O–H groups in total. The Morgan fingerprint density at radius 1 is 1.24 bits per heavy atom. The molecule has 0 saturated heterocycles. The van der Waals surface area contributed by atoms with E-state index < -0.39 is 15.8 Å². The molecule has 7 heteroatoms. The van der Waals surface area contributed by atoms with Crippen molar-refractivity contribution < 1.29 is 17.6 Å². The van der Waals surface area contributed by atoms with E-state index in [1.54, 1.807) is 29.2 Å². The largest absolute Gasteiger partial charge is 0.312 e. The highest BCUT2D eigenvalue weighted by atomic mass is 32.2. The van der Waals surface area contributed by atoms with E-state index in [0.717, 1.165) is 11.3 Å². The fourth-order valence-corrected chi connectivity index (χ4v) is 4.23. The van der Waals surface area contributed by atoms with E-state index in [1.807, 2.05) is 0 Å². The third kappa shape index (κ3) is 3.43. The lowest BCUT2D eigenvalue weighted by Gasteiger charge is -2.19. The summed E-state index contributed by atoms with van der Waals surface area (Å²) in [5.74, 6) is -0.456. The molecular formula is C18H19FN2O3S. The lowest BCUT2D eigenvalue weighted by atomic mass is 10.2. The second kappa shape index (κ2) is 6.57. The number of halogens is 1. The van der Waals surface area contributed by atoms with Gasteiger partial charge in [-0.05, 0) is 47.9 Å². The fourth-order valence-electron chi connectivity index (χ4n) is 3.02. The van der Waals surface area contributed by atoms with E-state index in [-0.39, 0.29) is 17.3 Å². The standard InChI is InChI=1S/C18H19FN2O3S/c1-13(22)21-9-8-15-11-17(6-7-18(15)21)25(23,24)20(2)12-14-4-3-5-16(19)10-14/h3-7,10-11H,8-9,12H2,1-2H3. The van der Waals surface area contributed by atoms with Crippen LogP contribution in [0.3, 0.4) is 0 Å². The van der Waals surface area contributed by atoms with E-state index in [4.69, 9.17) is 0 Å². The maximum atomic E-state index is 13.3. The molecule has 5 nitrogen and oxygen atoms in total. The Kier molecular flexibility index (Phi) is 4.62. The highest BCUT2D eigenvalue weighted by molar-refractivity contribution is 7.89. The van der Waals surface area contributed by atoms with Crippen LogP contribution in [-0.4, -0.2) is 32.2 Å². The van der Waals surface area contributed by atoms with Crippen molar-refractivity contribution >= 4 is 21.6 Å². The molecule has 1 aliphatic heterocycles. The summed E-state index contributed by atoms with van der Waals surface area (Å²) in [5.41, 5.74) is 2.18. The van der Waals surface area contributed by atoms with Crippen LogP contribution in [0.2, 0.25) is 0 Å². The average Bonchev–Trinajstić information content (AvgIpc) is 2.98. The summed E-state index contributed by atoms with van der Waals surface area (Å²) in [6, 6.07) is 10.7. The fraction of sp³-hybridized carbons (Fsp3) is 0.278. The molecule has 1 aliphatic rings. The van der Waals surface area contributed by atoms with Crippen molar-refractivity contribution in [1.82, 2.24) is 4.31 Å². The van der Waals surface area contributed by atoms with Crippen LogP contribution in [0.15, 0.2) is 47.4 Å². The summed E-state index contributed by atoms with van der Waals surface area (Å²) in [6.45, 7) is 2.14. The number of nitrogens with zero attached hydrogens (tertiary/aromatic N) is 2. The molecule has 1 heterocycles. The van der Waals surface area contributed by atoms with Crippen LogP contribution >= 0.6 is 0 Å². The molecule has 0 radical (unpaired) electrons. The maximum Gasteiger partial charge on any atom is 0.243 e. The number of anilines is 1. The summed E-state index contributed by atoms with van der Waals surface area (Å²) in [4.78, 5) is 13.4. The smallest absolute Gasteiger partial charge is 0.243 e. The normalized spacial score (nSPS) is 14.0. The van der Waals surface area contributed by atoms with Gasteiger partial charge in [0.05, 0.1) is 4.90 Å². The molecule has 0 spiro atoms. The SMILES string of the molecule is CC(=O)N1CCc2cc(S(=O)(=O)N(C)Cc3cccc(F)c3)ccc21. The van der Waals surface area contributed by atoms with Crippen LogP contribution in [0.1, 0.15) is 18.1 Å². The Labute approximate surface area is 146 Å². The number of sulfonamides is 1. The Bertz CT molecular complexity index is 928. The lowest BCUT2D eigenvalue weighted by molar-refractivity contribution is -0.116. The number of rotatable bonds is 4. The number of carbonyl (C=O) groups is 1. The highest BCUT2D eigenvalue weighted by Gasteiger charge is 2.26. The minimum atomic E-state index is -3.70. The Hall–Kier alpha value is -2.25. The molecule has 0 aliphatic carbocycles. The third-order valence-corrected chi connectivity index (χ3v) is 6.13. The van der Waals surface area contributed by atoms with Gasteiger partial charge in [-0.3, -0.25) is 4.79 Å². The molecule has 0 saturated carbocycles. The van der Waals surface area contributed by atoms with E-state index in [9.17, 15) is 17.6 Å². The van der Waals surface area contributed by atoms with Gasteiger partial charge >= 0.3 is 0 Å². The quantitative estimate of drug-likeness (QED) is 0.840. The molecule has 0 bridgehead atoms. The van der Waals surface area contributed by atoms with Crippen LogP contribution in [0.5, 0.6) is 0 Å². The molecule has 0 aromatic heterocycles. The second-order valence-corrected chi connectivity index (χ2v) is 8.15. The molecule has 2 aromatic rings. The summed E-state index contributed by atoms with van der Waals surface area (Å²) in [7, 11) is -2.23. The first-order valence-corrected chi connectivity index (χ1v) is 9.35. The zero-order chi connectivity index (χ0) is 18.2. The molecule has 2 aromatic carbocycles. The lowest BCUT2D eigenvalue weighted by Crippen LogP contribution is -2.27. The van der Waals surface area contributed by atoms with Crippen molar-refractivity contribution in [2.45, 2.75) is 24.8 Å². The van der Waals surface area contributed by atoms with Crippen LogP contribution in [0.25, 0.3) is 0 Å². The van der Waals surface area contributed by atoms with E-state index in [1.165, 1.54) is 36.5 Å². The number of fused-ring (bicyclic) bond motifs is 1. The van der Waals surface area contributed by atoms with E-state index in [0.29, 0.717) is 18.5 Å². The molecule has 3 rings (SSSR count). The summed E-state index contributed by atoms with van der Waals surface area (Å²) < 4.78 is 40.1. The number of carbonyl (C=O) groups excluding carboxylic acids is 1. The van der Waals surface area contributed by atoms with Gasteiger partial charge in [0.15, 0.2) is 0 Å². The van der Waals surface area contributed by atoms with Gasteiger partial charge < -0.3 is 4.90 Å². The summed E-state index contributed by atoms with van der Waals surface area (Å²) in [5, 5.41) is 0. The first kappa shape index (κ1) is 17.6. The molecule has 0 atom stereocenters. The zero-order valence-electron chi connectivity index (χ0n) is 14.1. The molecule has 132 valence electrons. The summed E-state index contributed by atoms with van der Waals surface area (Å²) in [6.07, 6.45) is 0.631. The van der Waals surface area contributed by atoms with Gasteiger partial charge in [-0.15, -0.1) is 0 Å². The van der Waals surface area contributed by atoms with E-state index in [2.05, 4.69) is 0 Å². The van der Waals surface area contributed by atoms with Crippen molar-refractivity contribution in [3.8, 4) is 0 Å². The van der Waals surface area contributed by atoms with Crippen molar-refractivity contribution in [2.24, 2.45) is 0 Å². The Morgan fingerprint density at radius 3 is 2.68 bits per heavy atom. The second-order valence-electron chi connectivity index (χ2n) is 6.10. The molecule has 0 fully saturated rings. The predicted octanol–water partition coefficient (Wildman–Crippen LogP) is 2.56. The van der Waals surface area contributed by atoms with Gasteiger partial charge in [-0.2, -0.15) is 4.31 Å². The zero-order valence-corrected chi connectivity index (χ0v) is 14.9. The molecular weight excluding hydrogens is 343 g/mol. The van der Waals surface area contributed by atoms with Crippen LogP contribution in [0, 0.1) is 5.82 Å². The van der Waals surface area contributed by atoms with Crippen LogP contribution < -0.4 is 4.90 Å². The van der Waals surface area contributed by atoms with Gasteiger partial charge in [-0.25, -0.2) is 12.8 Å². The minimum absolute atomic E-state index is 0.0578. The number of benzene rings is 2. The number of amides is 1. The average molecular weight is 362 g/mol. The van der Waals surface area contributed by atoms with Gasteiger partial charge in [0.2, 0.25) is 15.9 Å². The minimum Gasteiger partial charge on any atom is -0.312 e. The van der Waals surface area contributed by atoms with Crippen molar-refractivity contribution in [3.63, 3.8) is 0 Å². The van der Waals surface area contributed by atoms with Crippen molar-refractivity contribution in [2.75, 3.05) is 18.5 Å². The van der Waals surface area contributed by atoms with Crippen LogP contribution in [0.4, 0.5) is 10.1 Å². The topological polar surface area (TPSA) is 57.7 Å². The molecule has 25 heavy (non-hydrogen) atoms.